The number of ether oxygens (including phenoxy) is 1. The molecule has 4 rings (SSSR count). The number of carbonyl (C=O) groups is 1. The van der Waals surface area contributed by atoms with Crippen molar-refractivity contribution in [3.63, 3.8) is 0 Å². The van der Waals surface area contributed by atoms with Crippen LogP contribution >= 0.6 is 0 Å². The first kappa shape index (κ1) is 17.1. The quantitative estimate of drug-likeness (QED) is 0.840. The molecule has 1 amide bonds. The van der Waals surface area contributed by atoms with E-state index in [2.05, 4.69) is 20.9 Å². The van der Waals surface area contributed by atoms with Gasteiger partial charge in [0.2, 0.25) is 0 Å². The standard InChI is InChI=1S/C20H24N4O2/c1-26-19-7-10-24(20(25)17-6-2-3-9-22-17)18-14-23(13-16(18)19)12-15-5-4-8-21-11-15/h2-6,8-9,11,16,18-19H,7,10,12-14H2,1H3/t16-,18+,19-/m1/s1. The van der Waals surface area contributed by atoms with Gasteiger partial charge in [-0.15, -0.1) is 0 Å². The molecule has 0 unspecified atom stereocenters. The van der Waals surface area contributed by atoms with Gasteiger partial charge in [-0.05, 0) is 30.2 Å². The Kier molecular flexibility index (Phi) is 4.95. The van der Waals surface area contributed by atoms with Crippen LogP contribution in [0.4, 0.5) is 0 Å². The molecule has 2 aromatic heterocycles. The SMILES string of the molecule is CO[C@@H]1CCN(C(=O)c2ccccn2)[C@H]2CN(Cc3cccnc3)C[C@@H]12. The van der Waals surface area contributed by atoms with Crippen LogP contribution in [0, 0.1) is 5.92 Å². The minimum Gasteiger partial charge on any atom is -0.381 e. The molecule has 2 aliphatic heterocycles. The first-order valence-corrected chi connectivity index (χ1v) is 9.12. The summed E-state index contributed by atoms with van der Waals surface area (Å²) in [6.45, 7) is 3.36. The van der Waals surface area contributed by atoms with E-state index in [1.165, 1.54) is 5.56 Å². The third-order valence-corrected chi connectivity index (χ3v) is 5.52. The molecule has 4 heterocycles. The molecular formula is C20H24N4O2. The predicted molar refractivity (Wildman–Crippen MR) is 97.5 cm³/mol. The second-order valence-corrected chi connectivity index (χ2v) is 7.06. The number of carbonyl (C=O) groups excluding carboxylic acids is 1. The van der Waals surface area contributed by atoms with Crippen molar-refractivity contribution in [1.29, 1.82) is 0 Å². The average molecular weight is 352 g/mol. The van der Waals surface area contributed by atoms with Crippen molar-refractivity contribution in [3.05, 3.63) is 60.2 Å². The molecule has 0 N–H and O–H groups in total. The average Bonchev–Trinajstić information content (AvgIpc) is 3.11. The van der Waals surface area contributed by atoms with Crippen LogP contribution in [0.3, 0.4) is 0 Å². The topological polar surface area (TPSA) is 58.6 Å². The third-order valence-electron chi connectivity index (χ3n) is 5.52. The maximum atomic E-state index is 13.0. The Morgan fingerprint density at radius 1 is 1.23 bits per heavy atom. The second kappa shape index (κ2) is 7.51. The summed E-state index contributed by atoms with van der Waals surface area (Å²) in [4.78, 5) is 25.9. The van der Waals surface area contributed by atoms with E-state index in [9.17, 15) is 4.79 Å². The summed E-state index contributed by atoms with van der Waals surface area (Å²) < 4.78 is 5.74. The van der Waals surface area contributed by atoms with Crippen molar-refractivity contribution < 1.29 is 9.53 Å². The van der Waals surface area contributed by atoms with E-state index in [4.69, 9.17) is 4.74 Å². The Hall–Kier alpha value is -2.31. The smallest absolute Gasteiger partial charge is 0.272 e. The second-order valence-electron chi connectivity index (χ2n) is 7.06. The minimum atomic E-state index is 0.0263. The zero-order chi connectivity index (χ0) is 17.9. The molecule has 6 nitrogen and oxygen atoms in total. The summed E-state index contributed by atoms with van der Waals surface area (Å²) in [6.07, 6.45) is 6.45. The highest BCUT2D eigenvalue weighted by molar-refractivity contribution is 5.92. The van der Waals surface area contributed by atoms with Crippen molar-refractivity contribution in [2.75, 3.05) is 26.7 Å². The first-order chi connectivity index (χ1) is 12.8. The van der Waals surface area contributed by atoms with Crippen LogP contribution in [0.15, 0.2) is 48.9 Å². The van der Waals surface area contributed by atoms with Crippen molar-refractivity contribution in [3.8, 4) is 0 Å². The van der Waals surface area contributed by atoms with E-state index in [1.54, 1.807) is 25.6 Å². The lowest BCUT2D eigenvalue weighted by molar-refractivity contribution is -0.0158. The van der Waals surface area contributed by atoms with Gasteiger partial charge in [-0.25, -0.2) is 0 Å². The van der Waals surface area contributed by atoms with Crippen LogP contribution < -0.4 is 0 Å². The summed E-state index contributed by atoms with van der Waals surface area (Å²) >= 11 is 0. The molecular weight excluding hydrogens is 328 g/mol. The number of methoxy groups -OCH3 is 1. The normalized spacial score (nSPS) is 25.9. The van der Waals surface area contributed by atoms with Gasteiger partial charge < -0.3 is 9.64 Å². The van der Waals surface area contributed by atoms with Crippen molar-refractivity contribution in [2.45, 2.75) is 25.1 Å². The lowest BCUT2D eigenvalue weighted by atomic mass is 9.88. The number of hydrogen-bond acceptors (Lipinski definition) is 5. The van der Waals surface area contributed by atoms with Gasteiger partial charge in [0.1, 0.15) is 5.69 Å². The summed E-state index contributed by atoms with van der Waals surface area (Å²) in [7, 11) is 1.78. The Morgan fingerprint density at radius 3 is 2.88 bits per heavy atom. The fourth-order valence-corrected chi connectivity index (χ4v) is 4.30. The molecule has 0 bridgehead atoms. The maximum Gasteiger partial charge on any atom is 0.272 e. The van der Waals surface area contributed by atoms with Crippen LogP contribution in [-0.4, -0.2) is 64.6 Å². The van der Waals surface area contributed by atoms with Crippen molar-refractivity contribution >= 4 is 5.91 Å². The molecule has 2 fully saturated rings. The van der Waals surface area contributed by atoms with Crippen molar-refractivity contribution in [1.82, 2.24) is 19.8 Å². The fraction of sp³-hybridized carbons (Fsp3) is 0.450. The zero-order valence-corrected chi connectivity index (χ0v) is 15.0. The molecule has 0 radical (unpaired) electrons. The van der Waals surface area contributed by atoms with Crippen LogP contribution in [0.1, 0.15) is 22.5 Å². The summed E-state index contributed by atoms with van der Waals surface area (Å²) in [5.74, 6) is 0.358. The molecule has 2 aromatic rings. The lowest BCUT2D eigenvalue weighted by Gasteiger charge is -2.40. The number of nitrogens with zero attached hydrogens (tertiary/aromatic N) is 4. The highest BCUT2D eigenvalue weighted by Crippen LogP contribution is 2.33. The molecule has 136 valence electrons. The Balaban J connectivity index is 1.53. The number of likely N-dealkylation sites (tertiary alicyclic amines) is 2. The van der Waals surface area contributed by atoms with Gasteiger partial charge in [0, 0.05) is 57.8 Å². The summed E-state index contributed by atoms with van der Waals surface area (Å²) in [6, 6.07) is 9.72. The molecule has 6 heteroatoms. The third kappa shape index (κ3) is 3.34. The van der Waals surface area contributed by atoms with Gasteiger partial charge in [-0.2, -0.15) is 0 Å². The van der Waals surface area contributed by atoms with Gasteiger partial charge in [-0.3, -0.25) is 19.7 Å². The summed E-state index contributed by atoms with van der Waals surface area (Å²) in [5, 5.41) is 0. The van der Waals surface area contributed by atoms with Crippen LogP contribution in [0.25, 0.3) is 0 Å². The van der Waals surface area contributed by atoms with E-state index in [0.717, 1.165) is 32.6 Å². The van der Waals surface area contributed by atoms with Gasteiger partial charge in [0.15, 0.2) is 0 Å². The molecule has 26 heavy (non-hydrogen) atoms. The first-order valence-electron chi connectivity index (χ1n) is 9.12. The maximum absolute atomic E-state index is 13.0. The number of hydrogen-bond donors (Lipinski definition) is 0. The largest absolute Gasteiger partial charge is 0.381 e. The minimum absolute atomic E-state index is 0.0263. The van der Waals surface area contributed by atoms with E-state index >= 15 is 0 Å². The van der Waals surface area contributed by atoms with Gasteiger partial charge in [0.05, 0.1) is 12.1 Å². The molecule has 0 aromatic carbocycles. The molecule has 2 saturated heterocycles. The van der Waals surface area contributed by atoms with E-state index in [-0.39, 0.29) is 18.1 Å². The predicted octanol–water partition coefficient (Wildman–Crippen LogP) is 1.84. The number of pyridine rings is 2. The Bertz CT molecular complexity index is 740. The molecule has 0 aliphatic carbocycles. The fourth-order valence-electron chi connectivity index (χ4n) is 4.30. The van der Waals surface area contributed by atoms with Gasteiger partial charge in [-0.1, -0.05) is 12.1 Å². The Labute approximate surface area is 153 Å². The highest BCUT2D eigenvalue weighted by Gasteiger charge is 2.46. The highest BCUT2D eigenvalue weighted by atomic mass is 16.5. The Morgan fingerprint density at radius 2 is 2.15 bits per heavy atom. The molecule has 0 spiro atoms. The van der Waals surface area contributed by atoms with E-state index in [1.807, 2.05) is 29.3 Å². The van der Waals surface area contributed by atoms with Crippen LogP contribution in [0.5, 0.6) is 0 Å². The van der Waals surface area contributed by atoms with Crippen LogP contribution in [0.2, 0.25) is 0 Å². The van der Waals surface area contributed by atoms with Gasteiger partial charge >= 0.3 is 0 Å². The molecule has 3 atom stereocenters. The summed E-state index contributed by atoms with van der Waals surface area (Å²) in [5.41, 5.74) is 1.72. The number of fused-ring (bicyclic) bond motifs is 1. The molecule has 0 saturated carbocycles. The lowest BCUT2D eigenvalue weighted by Crippen LogP contribution is -2.53. The number of rotatable bonds is 4. The van der Waals surface area contributed by atoms with Crippen LogP contribution in [-0.2, 0) is 11.3 Å². The number of piperidine rings is 1. The van der Waals surface area contributed by atoms with Gasteiger partial charge in [0.25, 0.3) is 5.91 Å². The number of amides is 1. The zero-order valence-electron chi connectivity index (χ0n) is 15.0. The number of aromatic nitrogens is 2. The molecule has 2 aliphatic rings. The van der Waals surface area contributed by atoms with E-state index < -0.39 is 0 Å². The monoisotopic (exact) mass is 352 g/mol. The van der Waals surface area contributed by atoms with Crippen molar-refractivity contribution in [2.24, 2.45) is 5.92 Å². The van der Waals surface area contributed by atoms with E-state index in [0.29, 0.717) is 11.6 Å².